The molecule has 6 heteroatoms. The van der Waals surface area contributed by atoms with Crippen molar-refractivity contribution in [2.75, 3.05) is 20.3 Å². The van der Waals surface area contributed by atoms with Crippen LogP contribution < -0.4 is 4.74 Å². The van der Waals surface area contributed by atoms with Crippen molar-refractivity contribution in [3.8, 4) is 5.75 Å². The number of amides is 1. The van der Waals surface area contributed by atoms with Crippen molar-refractivity contribution in [2.24, 2.45) is 0 Å². The second kappa shape index (κ2) is 5.71. The summed E-state index contributed by atoms with van der Waals surface area (Å²) in [6.45, 7) is 3.01. The number of furan rings is 1. The highest BCUT2D eigenvalue weighted by Crippen LogP contribution is 2.37. The Morgan fingerprint density at radius 3 is 2.95 bits per heavy atom. The van der Waals surface area contributed by atoms with Crippen LogP contribution >= 0.6 is 0 Å². The van der Waals surface area contributed by atoms with E-state index in [2.05, 4.69) is 0 Å². The predicted octanol–water partition coefficient (Wildman–Crippen LogP) is 2.77. The lowest BCUT2D eigenvalue weighted by atomic mass is 10.0. The van der Waals surface area contributed by atoms with Crippen molar-refractivity contribution in [3.63, 3.8) is 0 Å². The number of benzene rings is 1. The van der Waals surface area contributed by atoms with Gasteiger partial charge in [0, 0.05) is 29.5 Å². The van der Waals surface area contributed by atoms with Gasteiger partial charge in [0.15, 0.2) is 17.6 Å². The third-order valence-corrected chi connectivity index (χ3v) is 3.85. The lowest BCUT2D eigenvalue weighted by Gasteiger charge is -2.25. The summed E-state index contributed by atoms with van der Waals surface area (Å²) >= 11 is 0. The Kier molecular flexibility index (Phi) is 3.75. The van der Waals surface area contributed by atoms with E-state index in [0.29, 0.717) is 43.0 Å². The molecule has 0 spiro atoms. The first-order valence-electron chi connectivity index (χ1n) is 7.17. The number of nitrogens with zero attached hydrogens (tertiary/aromatic N) is 1. The molecule has 6 nitrogen and oxygen atoms in total. The van der Waals surface area contributed by atoms with E-state index >= 15 is 0 Å². The van der Waals surface area contributed by atoms with Crippen molar-refractivity contribution >= 4 is 23.3 Å². The molecule has 1 aromatic heterocycles. The fourth-order valence-electron chi connectivity index (χ4n) is 2.82. The van der Waals surface area contributed by atoms with Crippen LogP contribution in [0.3, 0.4) is 0 Å². The molecule has 2 aromatic rings. The molecule has 2 heterocycles. The summed E-state index contributed by atoms with van der Waals surface area (Å²) in [6, 6.07) is 3.41. The molecule has 22 heavy (non-hydrogen) atoms. The van der Waals surface area contributed by atoms with E-state index < -0.39 is 0 Å². The predicted molar refractivity (Wildman–Crippen MR) is 79.3 cm³/mol. The Labute approximate surface area is 127 Å². The number of carbonyl (C=O) groups excluding carboxylic acids is 2. The highest BCUT2D eigenvalue weighted by molar-refractivity contribution is 6.01. The van der Waals surface area contributed by atoms with Crippen LogP contribution in [0.4, 0.5) is 4.79 Å². The molecule has 1 amide bonds. The first kappa shape index (κ1) is 14.4. The van der Waals surface area contributed by atoms with Crippen LogP contribution in [0.1, 0.15) is 28.6 Å². The van der Waals surface area contributed by atoms with Crippen LogP contribution in [0.15, 0.2) is 16.5 Å². The fourth-order valence-corrected chi connectivity index (χ4v) is 2.82. The van der Waals surface area contributed by atoms with Crippen molar-refractivity contribution in [3.05, 3.63) is 29.0 Å². The highest BCUT2D eigenvalue weighted by Gasteiger charge is 2.28. The molecule has 0 saturated heterocycles. The Bertz CT molecular complexity index is 734. The molecular formula is C16H17NO5. The zero-order chi connectivity index (χ0) is 15.7. The maximum absolute atomic E-state index is 11.9. The Morgan fingerprint density at radius 2 is 2.27 bits per heavy atom. The highest BCUT2D eigenvalue weighted by atomic mass is 16.6. The van der Waals surface area contributed by atoms with E-state index in [1.807, 2.05) is 0 Å². The second-order valence-corrected chi connectivity index (χ2v) is 5.05. The van der Waals surface area contributed by atoms with E-state index in [-0.39, 0.29) is 6.09 Å². The van der Waals surface area contributed by atoms with Crippen LogP contribution in [0.5, 0.6) is 5.75 Å². The smallest absolute Gasteiger partial charge is 0.410 e. The van der Waals surface area contributed by atoms with Gasteiger partial charge in [-0.1, -0.05) is 0 Å². The number of methoxy groups -OCH3 is 1. The summed E-state index contributed by atoms with van der Waals surface area (Å²) in [5, 5.41) is 0.721. The lowest BCUT2D eigenvalue weighted by Crippen LogP contribution is -2.36. The van der Waals surface area contributed by atoms with Gasteiger partial charge in [-0.2, -0.15) is 0 Å². The summed E-state index contributed by atoms with van der Waals surface area (Å²) in [7, 11) is 1.56. The summed E-state index contributed by atoms with van der Waals surface area (Å²) in [4.78, 5) is 24.9. The van der Waals surface area contributed by atoms with Crippen molar-refractivity contribution in [1.29, 1.82) is 0 Å². The van der Waals surface area contributed by atoms with E-state index in [1.165, 1.54) is 0 Å². The van der Waals surface area contributed by atoms with Gasteiger partial charge in [-0.15, -0.1) is 0 Å². The summed E-state index contributed by atoms with van der Waals surface area (Å²) in [5.74, 6) is 1.38. The molecule has 0 N–H and O–H groups in total. The van der Waals surface area contributed by atoms with Crippen LogP contribution in [-0.4, -0.2) is 37.5 Å². The molecule has 0 aliphatic carbocycles. The molecule has 0 bridgehead atoms. The number of rotatable bonds is 3. The summed E-state index contributed by atoms with van der Waals surface area (Å²) in [5.41, 5.74) is 1.95. The molecule has 1 aliphatic rings. The third-order valence-electron chi connectivity index (χ3n) is 3.85. The molecule has 0 unspecified atom stereocenters. The summed E-state index contributed by atoms with van der Waals surface area (Å²) in [6.07, 6.45) is 1.03. The SMILES string of the molecule is CCOC(=O)N1CCc2oc3c(OC)ccc(C=O)c3c2C1. The largest absolute Gasteiger partial charge is 0.493 e. The monoisotopic (exact) mass is 303 g/mol. The van der Waals surface area contributed by atoms with Crippen LogP contribution in [0.2, 0.25) is 0 Å². The van der Waals surface area contributed by atoms with Crippen LogP contribution in [0, 0.1) is 0 Å². The molecule has 116 valence electrons. The zero-order valence-electron chi connectivity index (χ0n) is 12.5. The third kappa shape index (κ3) is 2.20. The topological polar surface area (TPSA) is 69.0 Å². The van der Waals surface area contributed by atoms with Gasteiger partial charge in [-0.25, -0.2) is 4.79 Å². The zero-order valence-corrected chi connectivity index (χ0v) is 12.5. The maximum Gasteiger partial charge on any atom is 0.410 e. The van der Waals surface area contributed by atoms with Crippen molar-refractivity contribution < 1.29 is 23.5 Å². The Hall–Kier alpha value is -2.50. The van der Waals surface area contributed by atoms with Gasteiger partial charge in [-0.3, -0.25) is 4.79 Å². The van der Waals surface area contributed by atoms with Gasteiger partial charge < -0.3 is 18.8 Å². The minimum Gasteiger partial charge on any atom is -0.493 e. The molecule has 0 fully saturated rings. The number of carbonyl (C=O) groups is 2. The standard InChI is InChI=1S/C16H17NO5/c1-3-21-16(19)17-7-6-12-11(8-17)14-10(9-18)4-5-13(20-2)15(14)22-12/h4-5,9H,3,6-8H2,1-2H3. The maximum atomic E-state index is 11.9. The van der Waals surface area contributed by atoms with Gasteiger partial charge in [0.2, 0.25) is 0 Å². The quantitative estimate of drug-likeness (QED) is 0.815. The minimum atomic E-state index is -0.349. The average molecular weight is 303 g/mol. The van der Waals surface area contributed by atoms with Gasteiger partial charge in [0.05, 0.1) is 20.3 Å². The number of hydrogen-bond donors (Lipinski definition) is 0. The van der Waals surface area contributed by atoms with E-state index in [1.54, 1.807) is 31.1 Å². The molecule has 0 saturated carbocycles. The van der Waals surface area contributed by atoms with Crippen LogP contribution in [-0.2, 0) is 17.7 Å². The Balaban J connectivity index is 2.09. The summed E-state index contributed by atoms with van der Waals surface area (Å²) < 4.78 is 16.2. The first-order valence-corrected chi connectivity index (χ1v) is 7.17. The van der Waals surface area contributed by atoms with Crippen molar-refractivity contribution in [1.82, 2.24) is 4.90 Å². The molecular weight excluding hydrogens is 286 g/mol. The fraction of sp³-hybridized carbons (Fsp3) is 0.375. The molecule has 1 aliphatic heterocycles. The number of ether oxygens (including phenoxy) is 2. The second-order valence-electron chi connectivity index (χ2n) is 5.05. The molecule has 3 rings (SSSR count). The van der Waals surface area contributed by atoms with Crippen molar-refractivity contribution in [2.45, 2.75) is 19.9 Å². The minimum absolute atomic E-state index is 0.335. The average Bonchev–Trinajstić information content (AvgIpc) is 2.93. The first-order chi connectivity index (χ1) is 10.7. The van der Waals surface area contributed by atoms with Crippen LogP contribution in [0.25, 0.3) is 11.0 Å². The molecule has 0 radical (unpaired) electrons. The molecule has 0 atom stereocenters. The van der Waals surface area contributed by atoms with E-state index in [9.17, 15) is 9.59 Å². The number of hydrogen-bond acceptors (Lipinski definition) is 5. The van der Waals surface area contributed by atoms with Gasteiger partial charge in [0.1, 0.15) is 5.76 Å². The van der Waals surface area contributed by atoms with E-state index in [4.69, 9.17) is 13.9 Å². The Morgan fingerprint density at radius 1 is 1.45 bits per heavy atom. The lowest BCUT2D eigenvalue weighted by molar-refractivity contribution is 0.101. The van der Waals surface area contributed by atoms with E-state index in [0.717, 1.165) is 23.0 Å². The van der Waals surface area contributed by atoms with Gasteiger partial charge in [0.25, 0.3) is 0 Å². The van der Waals surface area contributed by atoms with Gasteiger partial charge >= 0.3 is 6.09 Å². The number of aldehydes is 1. The van der Waals surface area contributed by atoms with Gasteiger partial charge in [-0.05, 0) is 19.1 Å². The normalized spacial score (nSPS) is 13.8. The number of fused-ring (bicyclic) bond motifs is 3. The molecule has 1 aromatic carbocycles.